The molecule has 1 atom stereocenters. The molecule has 154 valence electrons. The third-order valence-corrected chi connectivity index (χ3v) is 5.25. The minimum absolute atomic E-state index is 0.0552. The predicted octanol–water partition coefficient (Wildman–Crippen LogP) is 1.75. The number of nitrogens with zero attached hydrogens (tertiary/aromatic N) is 3. The number of fused-ring (bicyclic) bond motifs is 1. The van der Waals surface area contributed by atoms with Crippen LogP contribution in [-0.4, -0.2) is 33.5 Å². The molecule has 0 saturated carbocycles. The molecule has 1 aliphatic rings. The maximum atomic E-state index is 12.8. The van der Waals surface area contributed by atoms with E-state index in [2.05, 4.69) is 15.7 Å². The van der Waals surface area contributed by atoms with Crippen LogP contribution in [0.3, 0.4) is 0 Å². The molecule has 0 unspecified atom stereocenters. The molecule has 2 N–H and O–H groups in total. The van der Waals surface area contributed by atoms with Gasteiger partial charge in [0.15, 0.2) is 0 Å². The second-order valence-corrected chi connectivity index (χ2v) is 7.42. The largest absolute Gasteiger partial charge is 0.344 e. The lowest BCUT2D eigenvalue weighted by Gasteiger charge is -2.22. The van der Waals surface area contributed by atoms with Crippen LogP contribution < -0.4 is 15.5 Å². The first-order chi connectivity index (χ1) is 13.8. The molecule has 0 aliphatic carbocycles. The number of aryl methyl sites for hydroxylation is 2. The van der Waals surface area contributed by atoms with E-state index < -0.39 is 17.9 Å². The fourth-order valence-corrected chi connectivity index (χ4v) is 3.76. The molecule has 8 nitrogen and oxygen atoms in total. The van der Waals surface area contributed by atoms with Gasteiger partial charge in [0.25, 0.3) is 5.91 Å². The maximum Gasteiger partial charge on any atom is 0.310 e. The van der Waals surface area contributed by atoms with Crippen LogP contribution in [0, 0.1) is 13.8 Å². The Balaban J connectivity index is 1.70. The van der Waals surface area contributed by atoms with Crippen LogP contribution in [0.4, 0.5) is 5.69 Å². The molecule has 1 aromatic carbocycles. The number of benzene rings is 1. The first-order valence-corrected chi connectivity index (χ1v) is 9.79. The second kappa shape index (κ2) is 8.06. The van der Waals surface area contributed by atoms with Crippen molar-refractivity contribution in [2.45, 2.75) is 59.8 Å². The predicted molar refractivity (Wildman–Crippen MR) is 109 cm³/mol. The Bertz CT molecular complexity index is 963. The number of nitrogens with one attached hydrogen (secondary N) is 2. The van der Waals surface area contributed by atoms with Gasteiger partial charge in [0.1, 0.15) is 6.04 Å². The van der Waals surface area contributed by atoms with Crippen molar-refractivity contribution in [2.75, 3.05) is 4.90 Å². The molecular formula is C21H27N5O3. The molecule has 3 amide bonds. The summed E-state index contributed by atoms with van der Waals surface area (Å²) >= 11 is 0. The minimum atomic E-state index is -0.863. The average molecular weight is 397 g/mol. The van der Waals surface area contributed by atoms with Gasteiger partial charge < -0.3 is 15.5 Å². The van der Waals surface area contributed by atoms with Gasteiger partial charge in [0, 0.05) is 41.6 Å². The molecule has 29 heavy (non-hydrogen) atoms. The number of hydrogen-bond donors (Lipinski definition) is 2. The zero-order chi connectivity index (χ0) is 21.3. The topological polar surface area (TPSA) is 96.3 Å². The van der Waals surface area contributed by atoms with Gasteiger partial charge in [0.05, 0.1) is 5.69 Å². The van der Waals surface area contributed by atoms with E-state index in [4.69, 9.17) is 0 Å². The summed E-state index contributed by atoms with van der Waals surface area (Å²) in [5.74, 6) is -1.85. The van der Waals surface area contributed by atoms with Crippen molar-refractivity contribution in [1.29, 1.82) is 0 Å². The molecule has 1 aromatic heterocycles. The standard InChI is InChI=1S/C21H27N5O3/c1-6-25-14(5)16(13(4)24-25)11-22-19(27)20(28)23-18-15-9-7-8-10-17(15)26(12(2)3)21(18)29/h7-10,12,18H,6,11H2,1-5H3,(H,22,27)(H,23,28)/t18-/m0/s1. The van der Waals surface area contributed by atoms with E-state index in [1.54, 1.807) is 11.0 Å². The Kier molecular flexibility index (Phi) is 5.72. The summed E-state index contributed by atoms with van der Waals surface area (Å²) in [6.45, 7) is 10.6. The molecule has 2 aromatic rings. The average Bonchev–Trinajstić information content (AvgIpc) is 3.12. The quantitative estimate of drug-likeness (QED) is 0.752. The normalized spacial score (nSPS) is 15.6. The maximum absolute atomic E-state index is 12.8. The van der Waals surface area contributed by atoms with Gasteiger partial charge in [-0.05, 0) is 40.7 Å². The number of rotatable bonds is 5. The van der Waals surface area contributed by atoms with Gasteiger partial charge in [-0.3, -0.25) is 19.1 Å². The SMILES string of the molecule is CCn1nc(C)c(CNC(=O)C(=O)N[C@@H]2C(=O)N(C(C)C)c3ccccc32)c1C. The Morgan fingerprint density at radius 1 is 1.17 bits per heavy atom. The first-order valence-electron chi connectivity index (χ1n) is 9.79. The highest BCUT2D eigenvalue weighted by Crippen LogP contribution is 2.36. The van der Waals surface area contributed by atoms with E-state index in [1.807, 2.05) is 57.5 Å². The minimum Gasteiger partial charge on any atom is -0.344 e. The first kappa shape index (κ1) is 20.6. The molecule has 3 rings (SSSR count). The molecule has 8 heteroatoms. The van der Waals surface area contributed by atoms with Crippen LogP contribution in [0.15, 0.2) is 24.3 Å². The van der Waals surface area contributed by atoms with Crippen molar-refractivity contribution in [3.05, 3.63) is 46.8 Å². The van der Waals surface area contributed by atoms with E-state index in [1.165, 1.54) is 0 Å². The number of carbonyl (C=O) groups excluding carboxylic acids is 3. The molecule has 0 bridgehead atoms. The van der Waals surface area contributed by atoms with Gasteiger partial charge in [0.2, 0.25) is 0 Å². The molecule has 0 fully saturated rings. The molecule has 1 aliphatic heterocycles. The lowest BCUT2D eigenvalue weighted by atomic mass is 10.1. The molecule has 0 radical (unpaired) electrons. The van der Waals surface area contributed by atoms with Gasteiger partial charge in [-0.1, -0.05) is 18.2 Å². The van der Waals surface area contributed by atoms with Crippen molar-refractivity contribution < 1.29 is 14.4 Å². The smallest absolute Gasteiger partial charge is 0.310 e. The highest BCUT2D eigenvalue weighted by molar-refractivity contribution is 6.35. The Labute approximate surface area is 170 Å². The van der Waals surface area contributed by atoms with Crippen LogP contribution in [0.2, 0.25) is 0 Å². The van der Waals surface area contributed by atoms with Crippen molar-refractivity contribution >= 4 is 23.4 Å². The summed E-state index contributed by atoms with van der Waals surface area (Å²) in [7, 11) is 0. The third-order valence-electron chi connectivity index (χ3n) is 5.25. The fraction of sp³-hybridized carbons (Fsp3) is 0.429. The van der Waals surface area contributed by atoms with Crippen molar-refractivity contribution in [1.82, 2.24) is 20.4 Å². The highest BCUT2D eigenvalue weighted by atomic mass is 16.2. The van der Waals surface area contributed by atoms with Crippen LogP contribution in [-0.2, 0) is 27.5 Å². The number of amides is 3. The third kappa shape index (κ3) is 3.74. The van der Waals surface area contributed by atoms with E-state index in [-0.39, 0.29) is 18.5 Å². The molecule has 0 saturated heterocycles. The van der Waals surface area contributed by atoms with Gasteiger partial charge in [-0.2, -0.15) is 5.10 Å². The zero-order valence-electron chi connectivity index (χ0n) is 17.4. The Morgan fingerprint density at radius 2 is 1.86 bits per heavy atom. The van der Waals surface area contributed by atoms with Crippen LogP contribution in [0.1, 0.15) is 49.3 Å². The van der Waals surface area contributed by atoms with E-state index in [0.717, 1.165) is 29.2 Å². The number of carbonyl (C=O) groups is 3. The summed E-state index contributed by atoms with van der Waals surface area (Å²) in [5.41, 5.74) is 4.12. The van der Waals surface area contributed by atoms with Crippen molar-refractivity contribution in [3.63, 3.8) is 0 Å². The molecular weight excluding hydrogens is 370 g/mol. The van der Waals surface area contributed by atoms with Gasteiger partial charge >= 0.3 is 11.8 Å². The monoisotopic (exact) mass is 397 g/mol. The van der Waals surface area contributed by atoms with Crippen molar-refractivity contribution in [3.8, 4) is 0 Å². The Morgan fingerprint density at radius 3 is 2.48 bits per heavy atom. The van der Waals surface area contributed by atoms with E-state index in [9.17, 15) is 14.4 Å². The van der Waals surface area contributed by atoms with Gasteiger partial charge in [-0.15, -0.1) is 0 Å². The lowest BCUT2D eigenvalue weighted by Crippen LogP contribution is -2.45. The summed E-state index contributed by atoms with van der Waals surface area (Å²) < 4.78 is 1.85. The zero-order valence-corrected chi connectivity index (χ0v) is 17.4. The molecule has 2 heterocycles. The lowest BCUT2D eigenvalue weighted by molar-refractivity contribution is -0.140. The van der Waals surface area contributed by atoms with Crippen LogP contribution in [0.5, 0.6) is 0 Å². The highest BCUT2D eigenvalue weighted by Gasteiger charge is 2.39. The number of anilines is 1. The van der Waals surface area contributed by atoms with E-state index in [0.29, 0.717) is 5.56 Å². The van der Waals surface area contributed by atoms with E-state index >= 15 is 0 Å². The number of para-hydroxylation sites is 1. The second-order valence-electron chi connectivity index (χ2n) is 7.42. The summed E-state index contributed by atoms with van der Waals surface area (Å²) in [6.07, 6.45) is 0. The number of hydrogen-bond acceptors (Lipinski definition) is 4. The summed E-state index contributed by atoms with van der Waals surface area (Å²) in [5, 5.41) is 9.63. The van der Waals surface area contributed by atoms with Gasteiger partial charge in [-0.25, -0.2) is 0 Å². The van der Waals surface area contributed by atoms with Crippen LogP contribution >= 0.6 is 0 Å². The fourth-order valence-electron chi connectivity index (χ4n) is 3.76. The molecule has 0 spiro atoms. The summed E-state index contributed by atoms with van der Waals surface area (Å²) in [4.78, 5) is 39.3. The van der Waals surface area contributed by atoms with Crippen LogP contribution in [0.25, 0.3) is 0 Å². The summed E-state index contributed by atoms with van der Waals surface area (Å²) in [6, 6.07) is 6.38. The number of aromatic nitrogens is 2. The Hall–Kier alpha value is -3.16. The van der Waals surface area contributed by atoms with Crippen molar-refractivity contribution in [2.24, 2.45) is 0 Å².